The summed E-state index contributed by atoms with van der Waals surface area (Å²) in [7, 11) is 0. The number of nitrogens with one attached hydrogen (secondary N) is 1. The number of hydrogen-bond acceptors (Lipinski definition) is 3. The van der Waals surface area contributed by atoms with Crippen molar-refractivity contribution in [3.05, 3.63) is 15.6 Å². The van der Waals surface area contributed by atoms with Crippen LogP contribution in [0.5, 0.6) is 0 Å². The highest BCUT2D eigenvalue weighted by atomic mass is 32.1. The molecule has 2 nitrogen and oxygen atoms in total. The van der Waals surface area contributed by atoms with Gasteiger partial charge in [0.25, 0.3) is 0 Å². The first-order valence-electron chi connectivity index (χ1n) is 8.83. The largest absolute Gasteiger partial charge is 0.303 e. The number of nitrogens with zero attached hydrogens (tertiary/aromatic N) is 1. The van der Waals surface area contributed by atoms with Crippen molar-refractivity contribution < 1.29 is 0 Å². The number of aryl methyl sites for hydroxylation is 2. The molecule has 0 aliphatic heterocycles. The minimum absolute atomic E-state index is 0.0935. The molecule has 1 aromatic heterocycles. The fraction of sp³-hybridized carbons (Fsp3) is 0.833. The van der Waals surface area contributed by atoms with Crippen molar-refractivity contribution in [2.24, 2.45) is 0 Å². The SMILES string of the molecule is CCCCCCCC(C)(NC1CC1)c1nc(CC)c(C)s1. The van der Waals surface area contributed by atoms with Crippen molar-refractivity contribution in [3.63, 3.8) is 0 Å². The van der Waals surface area contributed by atoms with Crippen LogP contribution in [0.4, 0.5) is 0 Å². The Balaban J connectivity index is 2.00. The Bertz CT molecular complexity index is 436. The Morgan fingerprint density at radius 1 is 1.19 bits per heavy atom. The maximum absolute atomic E-state index is 4.95. The quantitative estimate of drug-likeness (QED) is 0.590. The van der Waals surface area contributed by atoms with Crippen molar-refractivity contribution in [2.45, 2.75) is 97.1 Å². The van der Waals surface area contributed by atoms with Gasteiger partial charge < -0.3 is 5.32 Å². The summed E-state index contributed by atoms with van der Waals surface area (Å²) in [4.78, 5) is 6.36. The third-order valence-corrected chi connectivity index (χ3v) is 5.86. The molecule has 1 aliphatic carbocycles. The van der Waals surface area contributed by atoms with Crippen LogP contribution in [0.2, 0.25) is 0 Å². The molecule has 2 rings (SSSR count). The molecule has 21 heavy (non-hydrogen) atoms. The van der Waals surface area contributed by atoms with Gasteiger partial charge in [0.05, 0.1) is 11.2 Å². The van der Waals surface area contributed by atoms with E-state index in [1.165, 1.54) is 66.9 Å². The summed E-state index contributed by atoms with van der Waals surface area (Å²) in [5.74, 6) is 0. The first-order chi connectivity index (χ1) is 10.1. The molecule has 0 amide bonds. The third kappa shape index (κ3) is 4.79. The summed E-state index contributed by atoms with van der Waals surface area (Å²) in [5.41, 5.74) is 1.39. The number of unbranched alkanes of at least 4 members (excludes halogenated alkanes) is 4. The Hall–Kier alpha value is -0.410. The predicted molar refractivity (Wildman–Crippen MR) is 93.1 cm³/mol. The van der Waals surface area contributed by atoms with Crippen LogP contribution < -0.4 is 5.32 Å². The van der Waals surface area contributed by atoms with Crippen LogP contribution in [-0.4, -0.2) is 11.0 Å². The highest BCUT2D eigenvalue weighted by molar-refractivity contribution is 7.11. The van der Waals surface area contributed by atoms with Crippen molar-refractivity contribution in [1.82, 2.24) is 10.3 Å². The number of rotatable bonds is 10. The minimum atomic E-state index is 0.0935. The van der Waals surface area contributed by atoms with Gasteiger partial charge in [0.1, 0.15) is 5.01 Å². The second-order valence-corrected chi connectivity index (χ2v) is 7.99. The molecule has 0 radical (unpaired) electrons. The van der Waals surface area contributed by atoms with Crippen LogP contribution in [0.3, 0.4) is 0 Å². The molecule has 120 valence electrons. The molecule has 1 unspecified atom stereocenters. The van der Waals surface area contributed by atoms with Crippen molar-refractivity contribution in [3.8, 4) is 0 Å². The number of thiazole rings is 1. The lowest BCUT2D eigenvalue weighted by Gasteiger charge is -2.29. The number of aromatic nitrogens is 1. The summed E-state index contributed by atoms with van der Waals surface area (Å²) in [6.45, 7) is 9.09. The Morgan fingerprint density at radius 2 is 1.90 bits per heavy atom. The predicted octanol–water partition coefficient (Wildman–Crippen LogP) is 5.34. The van der Waals surface area contributed by atoms with Crippen LogP contribution in [-0.2, 0) is 12.0 Å². The lowest BCUT2D eigenvalue weighted by molar-refractivity contribution is 0.320. The van der Waals surface area contributed by atoms with E-state index < -0.39 is 0 Å². The van der Waals surface area contributed by atoms with Crippen molar-refractivity contribution in [2.75, 3.05) is 0 Å². The van der Waals surface area contributed by atoms with E-state index in [4.69, 9.17) is 4.98 Å². The molecule has 1 saturated carbocycles. The van der Waals surface area contributed by atoms with Crippen molar-refractivity contribution in [1.29, 1.82) is 0 Å². The summed E-state index contributed by atoms with van der Waals surface area (Å²) < 4.78 is 0. The molecule has 0 saturated heterocycles. The van der Waals surface area contributed by atoms with E-state index in [0.29, 0.717) is 0 Å². The standard InChI is InChI=1S/C18H32N2S/c1-5-7-8-9-10-13-18(4,20-15-11-12-15)17-19-16(6-2)14(3)21-17/h15,20H,5-13H2,1-4H3. The van der Waals surface area contributed by atoms with Crippen molar-refractivity contribution >= 4 is 11.3 Å². The molecule has 3 heteroatoms. The fourth-order valence-corrected chi connectivity index (χ4v) is 4.13. The van der Waals surface area contributed by atoms with Crippen LogP contribution in [0, 0.1) is 6.92 Å². The maximum atomic E-state index is 4.95. The maximum Gasteiger partial charge on any atom is 0.113 e. The number of hydrogen-bond donors (Lipinski definition) is 1. The van der Waals surface area contributed by atoms with E-state index in [1.54, 1.807) is 0 Å². The van der Waals surface area contributed by atoms with Gasteiger partial charge in [-0.2, -0.15) is 0 Å². The van der Waals surface area contributed by atoms with Crippen LogP contribution >= 0.6 is 11.3 Å². The van der Waals surface area contributed by atoms with E-state index in [1.807, 2.05) is 11.3 Å². The first-order valence-corrected chi connectivity index (χ1v) is 9.65. The highest BCUT2D eigenvalue weighted by Gasteiger charge is 2.35. The van der Waals surface area contributed by atoms with Gasteiger partial charge in [-0.3, -0.25) is 0 Å². The average molecular weight is 309 g/mol. The second kappa shape index (κ2) is 7.73. The smallest absolute Gasteiger partial charge is 0.113 e. The van der Waals surface area contributed by atoms with Gasteiger partial charge in [-0.05, 0) is 39.5 Å². The Labute approximate surface area is 134 Å². The van der Waals surface area contributed by atoms with Gasteiger partial charge in [0.2, 0.25) is 0 Å². The third-order valence-electron chi connectivity index (χ3n) is 4.58. The lowest BCUT2D eigenvalue weighted by Crippen LogP contribution is -2.41. The fourth-order valence-electron chi connectivity index (χ4n) is 2.99. The topological polar surface area (TPSA) is 24.9 Å². The molecule has 0 spiro atoms. The summed E-state index contributed by atoms with van der Waals surface area (Å²) in [5, 5.41) is 5.21. The zero-order valence-corrected chi connectivity index (χ0v) is 15.1. The monoisotopic (exact) mass is 308 g/mol. The second-order valence-electron chi connectivity index (χ2n) is 6.79. The molecule has 1 fully saturated rings. The van der Waals surface area contributed by atoms with Crippen LogP contribution in [0.15, 0.2) is 0 Å². The van der Waals surface area contributed by atoms with Crippen LogP contribution in [0.1, 0.15) is 87.7 Å². The highest BCUT2D eigenvalue weighted by Crippen LogP contribution is 2.35. The van der Waals surface area contributed by atoms with E-state index in [9.17, 15) is 0 Å². The molecule has 1 aromatic rings. The zero-order valence-electron chi connectivity index (χ0n) is 14.3. The van der Waals surface area contributed by atoms with Gasteiger partial charge >= 0.3 is 0 Å². The van der Waals surface area contributed by atoms with E-state index in [2.05, 4.69) is 33.0 Å². The molecule has 0 bridgehead atoms. The van der Waals surface area contributed by atoms with Gasteiger partial charge in [-0.25, -0.2) is 4.98 Å². The normalized spacial score (nSPS) is 17.9. The van der Waals surface area contributed by atoms with Gasteiger partial charge in [0.15, 0.2) is 0 Å². The lowest BCUT2D eigenvalue weighted by atomic mass is 9.94. The molecular formula is C18H32N2S. The molecule has 1 atom stereocenters. The molecule has 0 aromatic carbocycles. The zero-order chi connectivity index (χ0) is 15.3. The van der Waals surface area contributed by atoms with Gasteiger partial charge in [-0.15, -0.1) is 11.3 Å². The van der Waals surface area contributed by atoms with E-state index >= 15 is 0 Å². The Kier molecular flexibility index (Phi) is 6.24. The van der Waals surface area contributed by atoms with Gasteiger partial charge in [0, 0.05) is 10.9 Å². The molecule has 1 heterocycles. The summed E-state index contributed by atoms with van der Waals surface area (Å²) in [6.07, 6.45) is 11.7. The van der Waals surface area contributed by atoms with E-state index in [-0.39, 0.29) is 5.54 Å². The molecule has 1 aliphatic rings. The first kappa shape index (κ1) is 17.0. The summed E-state index contributed by atoms with van der Waals surface area (Å²) >= 11 is 1.91. The Morgan fingerprint density at radius 3 is 2.48 bits per heavy atom. The van der Waals surface area contributed by atoms with Crippen LogP contribution in [0.25, 0.3) is 0 Å². The van der Waals surface area contributed by atoms with Gasteiger partial charge in [-0.1, -0.05) is 46.0 Å². The summed E-state index contributed by atoms with van der Waals surface area (Å²) in [6, 6.07) is 0.736. The molecular weight excluding hydrogens is 276 g/mol. The minimum Gasteiger partial charge on any atom is -0.303 e. The average Bonchev–Trinajstić information content (AvgIpc) is 3.18. The molecule has 1 N–H and O–H groups in total. The van der Waals surface area contributed by atoms with E-state index in [0.717, 1.165) is 12.5 Å².